The summed E-state index contributed by atoms with van der Waals surface area (Å²) in [5.41, 5.74) is 1.20. The van der Waals surface area contributed by atoms with E-state index in [1.165, 1.54) is 16.9 Å². The summed E-state index contributed by atoms with van der Waals surface area (Å²) in [6.07, 6.45) is 2.55. The van der Waals surface area contributed by atoms with Crippen molar-refractivity contribution in [2.75, 3.05) is 11.9 Å². The minimum Gasteiger partial charge on any atom is -0.482 e. The number of aromatic nitrogens is 1. The van der Waals surface area contributed by atoms with E-state index in [2.05, 4.69) is 22.4 Å². The monoisotopic (exact) mass is 392 g/mol. The molecule has 1 heterocycles. The van der Waals surface area contributed by atoms with Crippen LogP contribution in [-0.2, 0) is 11.2 Å². The number of nitrogens with zero attached hydrogens (tertiary/aromatic N) is 1. The van der Waals surface area contributed by atoms with E-state index in [1.807, 2.05) is 18.2 Å². The lowest BCUT2D eigenvalue weighted by Crippen LogP contribution is -2.20. The zero-order valence-corrected chi connectivity index (χ0v) is 15.4. The number of benzene rings is 2. The summed E-state index contributed by atoms with van der Waals surface area (Å²) >= 11 is 13.3. The van der Waals surface area contributed by atoms with Crippen molar-refractivity contribution < 1.29 is 9.53 Å². The van der Waals surface area contributed by atoms with Crippen molar-refractivity contribution in [1.29, 1.82) is 0 Å². The molecule has 3 rings (SSSR count). The maximum atomic E-state index is 12.0. The van der Waals surface area contributed by atoms with Gasteiger partial charge < -0.3 is 4.74 Å². The summed E-state index contributed by atoms with van der Waals surface area (Å²) in [5, 5.41) is 4.15. The predicted molar refractivity (Wildman–Crippen MR) is 102 cm³/mol. The molecule has 0 aliphatic carbocycles. The number of hydrogen-bond donors (Lipinski definition) is 1. The number of nitrogens with one attached hydrogen (secondary N) is 1. The van der Waals surface area contributed by atoms with E-state index < -0.39 is 0 Å². The van der Waals surface area contributed by atoms with Crippen LogP contribution in [0.3, 0.4) is 0 Å². The van der Waals surface area contributed by atoms with Crippen molar-refractivity contribution in [3.8, 4) is 5.75 Å². The SMILES string of the molecule is O=C(COc1cc(Cl)ccc1Cl)Nc1ncc(Cc2ccccc2)s1. The second-order valence-electron chi connectivity index (χ2n) is 5.21. The smallest absolute Gasteiger partial charge is 0.264 e. The van der Waals surface area contributed by atoms with Crippen LogP contribution in [0.1, 0.15) is 10.4 Å². The average Bonchev–Trinajstić information content (AvgIpc) is 3.03. The van der Waals surface area contributed by atoms with Crippen LogP contribution in [0, 0.1) is 0 Å². The first-order chi connectivity index (χ1) is 12.1. The molecule has 0 unspecified atom stereocenters. The van der Waals surface area contributed by atoms with Gasteiger partial charge >= 0.3 is 0 Å². The maximum Gasteiger partial charge on any atom is 0.264 e. The first-order valence-corrected chi connectivity index (χ1v) is 9.04. The van der Waals surface area contributed by atoms with Gasteiger partial charge in [0.15, 0.2) is 11.7 Å². The number of carbonyl (C=O) groups is 1. The van der Waals surface area contributed by atoms with Gasteiger partial charge in [-0.05, 0) is 17.7 Å². The number of amides is 1. The summed E-state index contributed by atoms with van der Waals surface area (Å²) in [7, 11) is 0. The molecule has 0 aliphatic rings. The van der Waals surface area contributed by atoms with Crippen molar-refractivity contribution in [2.45, 2.75) is 6.42 Å². The molecule has 0 saturated carbocycles. The minimum absolute atomic E-state index is 0.173. The molecule has 2 aromatic carbocycles. The highest BCUT2D eigenvalue weighted by molar-refractivity contribution is 7.15. The summed E-state index contributed by atoms with van der Waals surface area (Å²) in [4.78, 5) is 17.3. The first-order valence-electron chi connectivity index (χ1n) is 7.46. The Labute approximate surface area is 159 Å². The van der Waals surface area contributed by atoms with E-state index in [9.17, 15) is 4.79 Å². The highest BCUT2D eigenvalue weighted by Crippen LogP contribution is 2.27. The highest BCUT2D eigenvalue weighted by atomic mass is 35.5. The van der Waals surface area contributed by atoms with Gasteiger partial charge in [0.1, 0.15) is 5.75 Å². The van der Waals surface area contributed by atoms with Gasteiger partial charge in [-0.1, -0.05) is 53.5 Å². The fourth-order valence-corrected chi connectivity index (χ4v) is 3.33. The number of carbonyl (C=O) groups excluding carboxylic acids is 1. The van der Waals surface area contributed by atoms with Gasteiger partial charge in [-0.15, -0.1) is 11.3 Å². The van der Waals surface area contributed by atoms with Gasteiger partial charge in [-0.25, -0.2) is 4.98 Å². The molecule has 25 heavy (non-hydrogen) atoms. The first kappa shape index (κ1) is 17.7. The lowest BCUT2D eigenvalue weighted by Gasteiger charge is -2.07. The number of anilines is 1. The molecule has 0 aliphatic heterocycles. The molecule has 128 valence electrons. The van der Waals surface area contributed by atoms with E-state index in [-0.39, 0.29) is 12.5 Å². The fraction of sp³-hybridized carbons (Fsp3) is 0.111. The number of rotatable bonds is 6. The Kier molecular flexibility index (Phi) is 5.91. The van der Waals surface area contributed by atoms with Gasteiger partial charge in [0, 0.05) is 28.6 Å². The Balaban J connectivity index is 1.54. The molecule has 3 aromatic rings. The molecule has 0 radical (unpaired) electrons. The third-order valence-corrected chi connectivity index (χ3v) is 4.73. The molecule has 7 heteroatoms. The molecule has 0 saturated heterocycles. The number of hydrogen-bond acceptors (Lipinski definition) is 4. The Bertz CT molecular complexity index is 869. The van der Waals surface area contributed by atoms with Gasteiger partial charge in [0.2, 0.25) is 0 Å². The summed E-state index contributed by atoms with van der Waals surface area (Å²) in [5.74, 6) is 0.0601. The number of thiazole rings is 1. The van der Waals surface area contributed by atoms with Crippen molar-refractivity contribution in [3.05, 3.63) is 75.2 Å². The Morgan fingerprint density at radius 1 is 1.16 bits per heavy atom. The molecule has 0 atom stereocenters. The summed E-state index contributed by atoms with van der Waals surface area (Å²) in [6.45, 7) is -0.173. The molecular formula is C18H14Cl2N2O2S. The van der Waals surface area contributed by atoms with Crippen LogP contribution < -0.4 is 10.1 Å². The van der Waals surface area contributed by atoms with E-state index in [0.29, 0.717) is 20.9 Å². The molecule has 1 amide bonds. The second-order valence-corrected chi connectivity index (χ2v) is 7.16. The predicted octanol–water partition coefficient (Wildman–Crippen LogP) is 5.06. The Hall–Kier alpha value is -2.08. The second kappa shape index (κ2) is 8.34. The van der Waals surface area contributed by atoms with Crippen LogP contribution in [0.25, 0.3) is 0 Å². The van der Waals surface area contributed by atoms with Gasteiger partial charge in [0.05, 0.1) is 5.02 Å². The van der Waals surface area contributed by atoms with Crippen LogP contribution in [-0.4, -0.2) is 17.5 Å². The van der Waals surface area contributed by atoms with Crippen molar-refractivity contribution in [2.24, 2.45) is 0 Å². The zero-order chi connectivity index (χ0) is 17.6. The molecule has 0 spiro atoms. The summed E-state index contributed by atoms with van der Waals surface area (Å²) < 4.78 is 5.40. The Morgan fingerprint density at radius 3 is 2.76 bits per heavy atom. The standard InChI is InChI=1S/C18H14Cl2N2O2S/c19-13-6-7-15(20)16(9-13)24-11-17(23)22-18-21-10-14(25-18)8-12-4-2-1-3-5-12/h1-7,9-10H,8,11H2,(H,21,22,23). The maximum absolute atomic E-state index is 12.0. The molecule has 4 nitrogen and oxygen atoms in total. The van der Waals surface area contributed by atoms with E-state index >= 15 is 0 Å². The van der Waals surface area contributed by atoms with E-state index in [0.717, 1.165) is 11.3 Å². The van der Waals surface area contributed by atoms with Gasteiger partial charge in [0.25, 0.3) is 5.91 Å². The zero-order valence-electron chi connectivity index (χ0n) is 13.0. The lowest BCUT2D eigenvalue weighted by molar-refractivity contribution is -0.118. The van der Waals surface area contributed by atoms with Crippen LogP contribution >= 0.6 is 34.5 Å². The van der Waals surface area contributed by atoms with Crippen LogP contribution in [0.4, 0.5) is 5.13 Å². The van der Waals surface area contributed by atoms with Crippen LogP contribution in [0.15, 0.2) is 54.7 Å². The van der Waals surface area contributed by atoms with Gasteiger partial charge in [-0.2, -0.15) is 0 Å². The summed E-state index contributed by atoms with van der Waals surface area (Å²) in [6, 6.07) is 14.9. The molecule has 0 fully saturated rings. The van der Waals surface area contributed by atoms with Crippen molar-refractivity contribution >= 4 is 45.6 Å². The normalized spacial score (nSPS) is 10.5. The molecular weight excluding hydrogens is 379 g/mol. The van der Waals surface area contributed by atoms with Crippen LogP contribution in [0.2, 0.25) is 10.0 Å². The molecule has 0 bridgehead atoms. The third kappa shape index (κ3) is 5.19. The third-order valence-electron chi connectivity index (χ3n) is 3.27. The van der Waals surface area contributed by atoms with E-state index in [1.54, 1.807) is 24.4 Å². The average molecular weight is 393 g/mol. The van der Waals surface area contributed by atoms with E-state index in [4.69, 9.17) is 27.9 Å². The Morgan fingerprint density at radius 2 is 1.96 bits per heavy atom. The van der Waals surface area contributed by atoms with Gasteiger partial charge in [-0.3, -0.25) is 10.1 Å². The minimum atomic E-state index is -0.309. The van der Waals surface area contributed by atoms with Crippen molar-refractivity contribution in [1.82, 2.24) is 4.98 Å². The lowest BCUT2D eigenvalue weighted by atomic mass is 10.1. The quantitative estimate of drug-likeness (QED) is 0.637. The number of ether oxygens (including phenoxy) is 1. The van der Waals surface area contributed by atoms with Crippen molar-refractivity contribution in [3.63, 3.8) is 0 Å². The topological polar surface area (TPSA) is 51.2 Å². The highest BCUT2D eigenvalue weighted by Gasteiger charge is 2.10. The van der Waals surface area contributed by atoms with Crippen LogP contribution in [0.5, 0.6) is 5.75 Å². The fourth-order valence-electron chi connectivity index (χ4n) is 2.13. The molecule has 1 N–H and O–H groups in total. The molecule has 1 aromatic heterocycles. The number of halogens is 2. The largest absolute Gasteiger partial charge is 0.482 e.